The minimum Gasteiger partial charge on any atom is -0.497 e. The summed E-state index contributed by atoms with van der Waals surface area (Å²) in [7, 11) is -2.74. The van der Waals surface area contributed by atoms with Crippen molar-refractivity contribution in [3.05, 3.63) is 126 Å². The van der Waals surface area contributed by atoms with Crippen LogP contribution in [0.5, 0.6) is 5.75 Å². The van der Waals surface area contributed by atoms with Crippen LogP contribution >= 0.6 is 0 Å². The normalized spacial score (nSPS) is 14.2. The van der Waals surface area contributed by atoms with Crippen molar-refractivity contribution in [2.45, 2.75) is 62.0 Å². The summed E-state index contributed by atoms with van der Waals surface area (Å²) in [5.74, 6) is -0.816. The molecule has 0 aromatic heterocycles. The summed E-state index contributed by atoms with van der Waals surface area (Å²) in [5, 5.41) is 3.18. The van der Waals surface area contributed by atoms with Gasteiger partial charge < -0.3 is 15.0 Å². The van der Waals surface area contributed by atoms with Gasteiger partial charge in [0.1, 0.15) is 24.2 Å². The lowest BCUT2D eigenvalue weighted by Gasteiger charge is -2.35. The van der Waals surface area contributed by atoms with Gasteiger partial charge in [0, 0.05) is 19.0 Å². The predicted octanol–water partition coefficient (Wildman–Crippen LogP) is 6.12. The average molecular weight is 658 g/mol. The van der Waals surface area contributed by atoms with Gasteiger partial charge in [-0.05, 0) is 72.5 Å². The van der Waals surface area contributed by atoms with Crippen LogP contribution in [0.25, 0.3) is 0 Å². The number of ether oxygens (including phenoxy) is 1. The molecule has 0 unspecified atom stereocenters. The number of nitrogens with zero attached hydrogens (tertiary/aromatic N) is 2. The number of nitrogens with one attached hydrogen (secondary N) is 1. The Morgan fingerprint density at radius 3 is 2.06 bits per heavy atom. The molecule has 1 fully saturated rings. The highest BCUT2D eigenvalue weighted by atomic mass is 32.2. The van der Waals surface area contributed by atoms with Gasteiger partial charge in [0.2, 0.25) is 11.8 Å². The van der Waals surface area contributed by atoms with Gasteiger partial charge in [-0.3, -0.25) is 13.9 Å². The number of rotatable bonds is 13. The fourth-order valence-electron chi connectivity index (χ4n) is 5.88. The Labute approximate surface area is 276 Å². The second-order valence-electron chi connectivity index (χ2n) is 11.7. The minimum atomic E-state index is -4.23. The smallest absolute Gasteiger partial charge is 0.264 e. The number of sulfonamides is 1. The Kier molecular flexibility index (Phi) is 11.3. The summed E-state index contributed by atoms with van der Waals surface area (Å²) in [6.45, 7) is -0.596. The van der Waals surface area contributed by atoms with Crippen LogP contribution in [-0.4, -0.2) is 50.9 Å². The van der Waals surface area contributed by atoms with Crippen molar-refractivity contribution in [3.8, 4) is 5.75 Å². The molecule has 0 heterocycles. The van der Waals surface area contributed by atoms with Gasteiger partial charge in [0.05, 0.1) is 17.7 Å². The van der Waals surface area contributed by atoms with Gasteiger partial charge >= 0.3 is 0 Å². The van der Waals surface area contributed by atoms with Crippen LogP contribution in [0.3, 0.4) is 0 Å². The van der Waals surface area contributed by atoms with Gasteiger partial charge in [-0.1, -0.05) is 79.9 Å². The van der Waals surface area contributed by atoms with E-state index >= 15 is 0 Å². The highest BCUT2D eigenvalue weighted by molar-refractivity contribution is 7.92. The molecule has 8 nitrogen and oxygen atoms in total. The lowest BCUT2D eigenvalue weighted by atomic mass is 9.94. The van der Waals surface area contributed by atoms with E-state index in [4.69, 9.17) is 4.74 Å². The first kappa shape index (κ1) is 33.7. The molecule has 246 valence electrons. The zero-order valence-corrected chi connectivity index (χ0v) is 27.2. The van der Waals surface area contributed by atoms with Crippen molar-refractivity contribution in [2.75, 3.05) is 18.0 Å². The molecule has 1 aliphatic carbocycles. The highest BCUT2D eigenvalue weighted by Gasteiger charge is 2.35. The lowest BCUT2D eigenvalue weighted by Crippen LogP contribution is -2.55. The standard InChI is InChI=1S/C37H40FN3O5S/c1-46-33-21-23-34(24-22-33)47(44,45)41(32-15-9-4-10-16-32)27-36(42)40(26-29-17-19-30(38)20-18-29)35(25-28-11-5-2-6-12-28)37(43)39-31-13-7-3-8-14-31/h2,4-6,9-12,15-24,31,35H,3,7-8,13-14,25-27H2,1H3,(H,39,43)/t35-/m0/s1. The fraction of sp³-hybridized carbons (Fsp3) is 0.297. The van der Waals surface area contributed by atoms with Crippen LogP contribution in [0.4, 0.5) is 10.1 Å². The summed E-state index contributed by atoms with van der Waals surface area (Å²) >= 11 is 0. The Bertz CT molecular complexity index is 1710. The summed E-state index contributed by atoms with van der Waals surface area (Å²) in [6, 6.07) is 28.5. The number of methoxy groups -OCH3 is 1. The third-order valence-electron chi connectivity index (χ3n) is 8.46. The first-order valence-electron chi connectivity index (χ1n) is 15.8. The largest absolute Gasteiger partial charge is 0.497 e. The summed E-state index contributed by atoms with van der Waals surface area (Å²) in [6.07, 6.45) is 5.08. The molecule has 1 N–H and O–H groups in total. The Morgan fingerprint density at radius 2 is 1.45 bits per heavy atom. The Morgan fingerprint density at radius 1 is 0.830 bits per heavy atom. The maximum atomic E-state index is 14.6. The molecule has 0 spiro atoms. The zero-order chi connectivity index (χ0) is 33.2. The first-order valence-corrected chi connectivity index (χ1v) is 17.3. The van der Waals surface area contributed by atoms with E-state index in [2.05, 4.69) is 5.32 Å². The molecular weight excluding hydrogens is 617 g/mol. The van der Waals surface area contributed by atoms with E-state index in [0.717, 1.165) is 42.0 Å². The van der Waals surface area contributed by atoms with E-state index in [1.807, 2.05) is 30.3 Å². The van der Waals surface area contributed by atoms with Crippen LogP contribution < -0.4 is 14.4 Å². The monoisotopic (exact) mass is 657 g/mol. The van der Waals surface area contributed by atoms with E-state index in [1.165, 1.54) is 36.3 Å². The van der Waals surface area contributed by atoms with Crippen molar-refractivity contribution in [1.82, 2.24) is 10.2 Å². The lowest BCUT2D eigenvalue weighted by molar-refractivity contribution is -0.140. The number of hydrogen-bond acceptors (Lipinski definition) is 5. The van der Waals surface area contributed by atoms with Crippen molar-refractivity contribution < 1.29 is 27.1 Å². The molecule has 1 atom stereocenters. The van der Waals surface area contributed by atoms with Gasteiger partial charge in [0.25, 0.3) is 10.0 Å². The van der Waals surface area contributed by atoms with Gasteiger partial charge in [-0.2, -0.15) is 0 Å². The van der Waals surface area contributed by atoms with Crippen LogP contribution in [0.1, 0.15) is 43.2 Å². The predicted molar refractivity (Wildman–Crippen MR) is 180 cm³/mol. The van der Waals surface area contributed by atoms with E-state index in [9.17, 15) is 22.4 Å². The highest BCUT2D eigenvalue weighted by Crippen LogP contribution is 2.26. The molecule has 47 heavy (non-hydrogen) atoms. The zero-order valence-electron chi connectivity index (χ0n) is 26.4. The van der Waals surface area contributed by atoms with Gasteiger partial charge in [0.15, 0.2) is 0 Å². The van der Waals surface area contributed by atoms with Crippen LogP contribution in [0, 0.1) is 5.82 Å². The number of amides is 2. The fourth-order valence-corrected chi connectivity index (χ4v) is 7.30. The summed E-state index contributed by atoms with van der Waals surface area (Å²) < 4.78 is 48.4. The molecular formula is C37H40FN3O5S. The maximum absolute atomic E-state index is 14.6. The number of hydrogen-bond donors (Lipinski definition) is 1. The Balaban J connectivity index is 1.54. The van der Waals surface area contributed by atoms with E-state index in [1.54, 1.807) is 54.6 Å². The van der Waals surface area contributed by atoms with Crippen molar-refractivity contribution in [3.63, 3.8) is 0 Å². The van der Waals surface area contributed by atoms with Gasteiger partial charge in [-0.15, -0.1) is 0 Å². The molecule has 0 aliphatic heterocycles. The number of para-hydroxylation sites is 1. The van der Waals surface area contributed by atoms with Crippen LogP contribution in [-0.2, 0) is 32.6 Å². The first-order chi connectivity index (χ1) is 22.7. The SMILES string of the molecule is COc1ccc(S(=O)(=O)N(CC(=O)N(Cc2ccc(F)cc2)[C@@H](Cc2ccccc2)C(=O)NC2CCCCC2)c2ccccc2)cc1. The number of carbonyl (C=O) groups excluding carboxylic acids is 2. The maximum Gasteiger partial charge on any atom is 0.264 e. The number of halogens is 1. The molecule has 0 radical (unpaired) electrons. The molecule has 1 aliphatic rings. The summed E-state index contributed by atoms with van der Waals surface area (Å²) in [5.41, 5.74) is 1.75. The van der Waals surface area contributed by atoms with Crippen LogP contribution in [0.2, 0.25) is 0 Å². The molecule has 4 aromatic carbocycles. The third-order valence-corrected chi connectivity index (χ3v) is 10.2. The molecule has 4 aromatic rings. The third kappa shape index (κ3) is 8.77. The Hall–Kier alpha value is -4.70. The van der Waals surface area contributed by atoms with Crippen LogP contribution in [0.15, 0.2) is 114 Å². The van der Waals surface area contributed by atoms with Gasteiger partial charge in [-0.25, -0.2) is 12.8 Å². The van der Waals surface area contributed by atoms with E-state index < -0.39 is 34.3 Å². The average Bonchev–Trinajstić information content (AvgIpc) is 3.10. The second kappa shape index (κ2) is 15.7. The second-order valence-corrected chi connectivity index (χ2v) is 13.6. The quantitative estimate of drug-likeness (QED) is 0.187. The van der Waals surface area contributed by atoms with Crippen molar-refractivity contribution in [1.29, 1.82) is 0 Å². The van der Waals surface area contributed by atoms with E-state index in [-0.39, 0.29) is 29.8 Å². The van der Waals surface area contributed by atoms with Crippen molar-refractivity contribution in [2.24, 2.45) is 0 Å². The molecule has 2 amide bonds. The molecule has 1 saturated carbocycles. The molecule has 0 saturated heterocycles. The molecule has 5 rings (SSSR count). The number of benzene rings is 4. The number of carbonyl (C=O) groups is 2. The minimum absolute atomic E-state index is 0.00596. The number of anilines is 1. The molecule has 10 heteroatoms. The topological polar surface area (TPSA) is 96.0 Å². The molecule has 0 bridgehead atoms. The van der Waals surface area contributed by atoms with E-state index in [0.29, 0.717) is 17.0 Å². The summed E-state index contributed by atoms with van der Waals surface area (Å²) in [4.78, 5) is 30.1. The van der Waals surface area contributed by atoms with Crippen molar-refractivity contribution >= 4 is 27.5 Å².